The molecule has 1 aliphatic rings. The van der Waals surface area contributed by atoms with Crippen molar-refractivity contribution in [3.8, 4) is 0 Å². The van der Waals surface area contributed by atoms with E-state index in [-0.39, 0.29) is 5.41 Å². The maximum absolute atomic E-state index is 6.01. The van der Waals surface area contributed by atoms with Gasteiger partial charge < -0.3 is 15.8 Å². The Bertz CT molecular complexity index is 639. The molecular weight excluding hydrogens is 250 g/mol. The minimum atomic E-state index is 0.134. The van der Waals surface area contributed by atoms with Gasteiger partial charge in [0, 0.05) is 53.1 Å². The third kappa shape index (κ3) is 1.91. The van der Waals surface area contributed by atoms with Crippen LogP contribution in [0, 0.1) is 5.41 Å². The number of pyridine rings is 1. The highest BCUT2D eigenvalue weighted by Gasteiger charge is 2.48. The molecule has 3 N–H and O–H groups in total. The van der Waals surface area contributed by atoms with Crippen LogP contribution in [0.4, 0.5) is 11.4 Å². The molecule has 1 aliphatic carbocycles. The van der Waals surface area contributed by atoms with E-state index >= 15 is 0 Å². The zero-order valence-corrected chi connectivity index (χ0v) is 12.2. The summed E-state index contributed by atoms with van der Waals surface area (Å²) in [6.07, 6.45) is 4.97. The molecule has 106 valence electrons. The van der Waals surface area contributed by atoms with Gasteiger partial charge in [-0.1, -0.05) is 13.8 Å². The Balaban J connectivity index is 1.91. The van der Waals surface area contributed by atoms with Crippen LogP contribution in [0.1, 0.15) is 20.3 Å². The summed E-state index contributed by atoms with van der Waals surface area (Å²) in [6.45, 7) is 4.48. The van der Waals surface area contributed by atoms with Crippen molar-refractivity contribution in [3.05, 3.63) is 30.6 Å². The first-order valence-electron chi connectivity index (χ1n) is 6.95. The number of nitrogens with one attached hydrogen (secondary N) is 1. The second-order valence-electron chi connectivity index (χ2n) is 6.10. The van der Waals surface area contributed by atoms with Crippen molar-refractivity contribution in [3.63, 3.8) is 0 Å². The lowest BCUT2D eigenvalue weighted by Gasteiger charge is -2.51. The van der Waals surface area contributed by atoms with Crippen LogP contribution in [-0.4, -0.2) is 24.2 Å². The van der Waals surface area contributed by atoms with Gasteiger partial charge in [0.2, 0.25) is 0 Å². The number of nitrogens with two attached hydrogens (primary N) is 1. The number of fused-ring (bicyclic) bond motifs is 1. The van der Waals surface area contributed by atoms with Crippen molar-refractivity contribution in [2.24, 2.45) is 5.41 Å². The first-order valence-corrected chi connectivity index (χ1v) is 6.95. The van der Waals surface area contributed by atoms with Crippen LogP contribution in [-0.2, 0) is 4.74 Å². The number of nitrogen functional groups attached to an aromatic ring is 1. The van der Waals surface area contributed by atoms with E-state index in [0.29, 0.717) is 12.1 Å². The second kappa shape index (κ2) is 4.63. The summed E-state index contributed by atoms with van der Waals surface area (Å²) in [6, 6.07) is 6.40. The van der Waals surface area contributed by atoms with Crippen molar-refractivity contribution in [1.29, 1.82) is 0 Å². The molecule has 0 aliphatic heterocycles. The van der Waals surface area contributed by atoms with E-state index in [1.54, 1.807) is 13.3 Å². The molecule has 1 aromatic carbocycles. The molecule has 20 heavy (non-hydrogen) atoms. The van der Waals surface area contributed by atoms with Gasteiger partial charge in [0.25, 0.3) is 0 Å². The average Bonchev–Trinajstić information content (AvgIpc) is 2.45. The zero-order valence-electron chi connectivity index (χ0n) is 12.2. The Labute approximate surface area is 119 Å². The number of benzene rings is 1. The quantitative estimate of drug-likeness (QED) is 0.842. The molecule has 1 heterocycles. The molecule has 4 heteroatoms. The smallest absolute Gasteiger partial charge is 0.0661 e. The van der Waals surface area contributed by atoms with Crippen molar-refractivity contribution >= 4 is 22.1 Å². The minimum Gasteiger partial charge on any atom is -0.398 e. The summed E-state index contributed by atoms with van der Waals surface area (Å²) in [7, 11) is 1.78. The summed E-state index contributed by atoms with van der Waals surface area (Å²) < 4.78 is 5.51. The van der Waals surface area contributed by atoms with Crippen molar-refractivity contribution < 1.29 is 4.74 Å². The van der Waals surface area contributed by atoms with E-state index < -0.39 is 0 Å². The predicted molar refractivity (Wildman–Crippen MR) is 82.8 cm³/mol. The lowest BCUT2D eigenvalue weighted by molar-refractivity contribution is -0.0794. The van der Waals surface area contributed by atoms with Gasteiger partial charge in [-0.05, 0) is 24.6 Å². The van der Waals surface area contributed by atoms with Gasteiger partial charge in [-0.2, -0.15) is 0 Å². The Morgan fingerprint density at radius 1 is 1.30 bits per heavy atom. The molecule has 2 aromatic rings. The predicted octanol–water partition coefficient (Wildman–Crippen LogP) is 3.04. The van der Waals surface area contributed by atoms with Crippen LogP contribution in [0.3, 0.4) is 0 Å². The number of rotatable bonds is 3. The highest BCUT2D eigenvalue weighted by molar-refractivity contribution is 6.00. The van der Waals surface area contributed by atoms with Gasteiger partial charge in [0.05, 0.1) is 6.10 Å². The number of nitrogens with zero attached hydrogens (tertiary/aromatic N) is 1. The number of anilines is 2. The van der Waals surface area contributed by atoms with Crippen molar-refractivity contribution in [2.75, 3.05) is 18.2 Å². The summed E-state index contributed by atoms with van der Waals surface area (Å²) >= 11 is 0. The van der Waals surface area contributed by atoms with Gasteiger partial charge in [0.1, 0.15) is 0 Å². The average molecular weight is 271 g/mol. The molecule has 1 aromatic heterocycles. The number of ether oxygens (including phenoxy) is 1. The minimum absolute atomic E-state index is 0.134. The molecule has 0 radical (unpaired) electrons. The van der Waals surface area contributed by atoms with Crippen LogP contribution < -0.4 is 11.1 Å². The van der Waals surface area contributed by atoms with E-state index in [9.17, 15) is 0 Å². The lowest BCUT2D eigenvalue weighted by Crippen LogP contribution is -2.57. The fourth-order valence-electron chi connectivity index (χ4n) is 3.06. The van der Waals surface area contributed by atoms with Crippen molar-refractivity contribution in [2.45, 2.75) is 32.4 Å². The summed E-state index contributed by atoms with van der Waals surface area (Å²) in [4.78, 5) is 4.15. The van der Waals surface area contributed by atoms with Crippen LogP contribution in [0.15, 0.2) is 30.6 Å². The number of methoxy groups -OCH3 is 1. The molecule has 1 fully saturated rings. The zero-order chi connectivity index (χ0) is 14.3. The van der Waals surface area contributed by atoms with E-state index in [4.69, 9.17) is 10.5 Å². The summed E-state index contributed by atoms with van der Waals surface area (Å²) in [5, 5.41) is 5.76. The number of hydrogen-bond donors (Lipinski definition) is 2. The molecule has 4 nitrogen and oxygen atoms in total. The molecule has 2 atom stereocenters. The number of aromatic nitrogens is 1. The molecule has 0 bridgehead atoms. The molecule has 2 unspecified atom stereocenters. The van der Waals surface area contributed by atoms with Gasteiger partial charge in [-0.15, -0.1) is 0 Å². The van der Waals surface area contributed by atoms with Crippen LogP contribution >= 0.6 is 0 Å². The monoisotopic (exact) mass is 271 g/mol. The normalized spacial score (nSPS) is 24.4. The Hall–Kier alpha value is -1.81. The van der Waals surface area contributed by atoms with E-state index in [1.807, 2.05) is 24.4 Å². The third-order valence-corrected chi connectivity index (χ3v) is 4.64. The highest BCUT2D eigenvalue weighted by Crippen LogP contribution is 2.44. The van der Waals surface area contributed by atoms with E-state index in [1.165, 1.54) is 0 Å². The topological polar surface area (TPSA) is 60.2 Å². The summed E-state index contributed by atoms with van der Waals surface area (Å²) in [5.74, 6) is 0. The Morgan fingerprint density at radius 3 is 2.80 bits per heavy atom. The molecular formula is C16H21N3O. The van der Waals surface area contributed by atoms with E-state index in [2.05, 4.69) is 24.1 Å². The Morgan fingerprint density at radius 2 is 2.10 bits per heavy atom. The standard InChI is InChI=1S/C16H21N3O/c1-16(2)14(8-15(16)20-3)19-13-5-4-12(17)11-9-18-7-6-10(11)13/h4-7,9,14-15,19H,8,17H2,1-3H3. The van der Waals surface area contributed by atoms with Gasteiger partial charge in [-0.25, -0.2) is 0 Å². The molecule has 0 amide bonds. The van der Waals surface area contributed by atoms with Gasteiger partial charge in [0.15, 0.2) is 0 Å². The molecule has 3 rings (SSSR count). The highest BCUT2D eigenvalue weighted by atomic mass is 16.5. The lowest BCUT2D eigenvalue weighted by atomic mass is 9.64. The first-order chi connectivity index (χ1) is 9.54. The SMILES string of the molecule is COC1CC(Nc2ccc(N)c3cnccc23)C1(C)C. The first kappa shape index (κ1) is 13.2. The van der Waals surface area contributed by atoms with Crippen LogP contribution in [0.5, 0.6) is 0 Å². The van der Waals surface area contributed by atoms with Crippen LogP contribution in [0.25, 0.3) is 10.8 Å². The summed E-state index contributed by atoms with van der Waals surface area (Å²) in [5.41, 5.74) is 8.03. The fraction of sp³-hybridized carbons (Fsp3) is 0.438. The number of hydrogen-bond acceptors (Lipinski definition) is 4. The third-order valence-electron chi connectivity index (χ3n) is 4.64. The van der Waals surface area contributed by atoms with Crippen molar-refractivity contribution in [1.82, 2.24) is 4.98 Å². The molecule has 0 saturated heterocycles. The second-order valence-corrected chi connectivity index (χ2v) is 6.10. The Kier molecular flexibility index (Phi) is 3.05. The largest absolute Gasteiger partial charge is 0.398 e. The van der Waals surface area contributed by atoms with Gasteiger partial charge >= 0.3 is 0 Å². The molecule has 1 saturated carbocycles. The van der Waals surface area contributed by atoms with E-state index in [0.717, 1.165) is 28.6 Å². The fourth-order valence-corrected chi connectivity index (χ4v) is 3.06. The molecule has 0 spiro atoms. The maximum Gasteiger partial charge on any atom is 0.0661 e. The van der Waals surface area contributed by atoms with Crippen LogP contribution in [0.2, 0.25) is 0 Å². The van der Waals surface area contributed by atoms with Gasteiger partial charge in [-0.3, -0.25) is 4.98 Å². The maximum atomic E-state index is 6.01.